The zero-order valence-corrected chi connectivity index (χ0v) is 65.2. The summed E-state index contributed by atoms with van der Waals surface area (Å²) >= 11 is 12.1. The van der Waals surface area contributed by atoms with Crippen molar-refractivity contribution in [1.29, 1.82) is 0 Å². The Morgan fingerprint density at radius 2 is 0.574 bits per heavy atom. The molecular weight excluding hydrogens is 1470 g/mol. The first kappa shape index (κ1) is 75.7. The zero-order chi connectivity index (χ0) is 78.2. The second kappa shape index (κ2) is 36.0. The quantitative estimate of drug-likeness (QED) is 0.0493. The number of rotatable bonds is 20. The molecular formula is C98H83Cl2FN10O4. The fraction of sp³-hybridized carbons (Fsp3) is 0.133. The third-order valence-electron chi connectivity index (χ3n) is 20.2. The molecule has 0 spiro atoms. The molecule has 9 heterocycles. The number of furan rings is 4. The molecule has 1 aliphatic rings. The van der Waals surface area contributed by atoms with Crippen molar-refractivity contribution in [1.82, 2.24) is 49.8 Å². The van der Waals surface area contributed by atoms with Gasteiger partial charge in [-0.25, -0.2) is 29.3 Å². The molecule has 0 bridgehead atoms. The number of allylic oxidation sites excluding steroid dienone is 4. The number of aromatic amines is 5. The minimum Gasteiger partial charge on any atom is -0.461 e. The molecule has 0 radical (unpaired) electrons. The van der Waals surface area contributed by atoms with Crippen molar-refractivity contribution in [2.24, 2.45) is 0 Å². The number of nitrogens with zero attached hydrogens (tertiary/aromatic N) is 5. The number of nitrogens with one attached hydrogen (secondary N) is 5. The van der Waals surface area contributed by atoms with Gasteiger partial charge in [0.1, 0.15) is 11.6 Å². The summed E-state index contributed by atoms with van der Waals surface area (Å²) in [6, 6.07) is 87.1. The fourth-order valence-corrected chi connectivity index (χ4v) is 14.6. The molecule has 1 aliphatic carbocycles. The van der Waals surface area contributed by atoms with Crippen molar-refractivity contribution >= 4 is 83.9 Å². The molecule has 570 valence electrons. The highest BCUT2D eigenvalue weighted by molar-refractivity contribution is 6.31. The standard InChI is InChI=1S/C20H17ClN2.2C20H18N2O.C19H15ClN2O.C19H15FN2O/c21-17-7-3-4-14(12-17)8-9-15-10-11-18-19(13-15)23-20(22-18)16-5-1-2-6-16;2*1-14-4-2-5-15(12-14)7-8-16-9-10-17-18(13-16)22-20(21-17)19-6-3-11-23-19;2*20-15-4-1-3-13(11-15)6-7-14-8-9-16-17(12-14)22-19(21-16)18-5-2-10-23-18/h1-5,7,10-13H,6,8-9H2,(H,22,23);2*2-6,9-13H,7-8H2,1H3,(H,21,22);2*1-5,8-12H,6-7H2,(H,21,22). The molecule has 0 fully saturated rings. The van der Waals surface area contributed by atoms with Crippen LogP contribution in [0.3, 0.4) is 0 Å². The SMILES string of the molecule is Cc1cccc(CCc2ccc3nc(-c4ccco4)[nH]c3c2)c1.Cc1cccc(CCc2ccc3nc(-c4ccco4)[nH]c3c2)c1.Clc1cccc(CCc2ccc3nc(-c4ccco4)[nH]c3c2)c1.Clc1cccc(CCc2ccc3nc(C4=CC=CC4)[nH]c3c2)c1.Fc1cccc(CCc2ccc3nc(-c4ccco4)[nH]c3c2)c1. The van der Waals surface area contributed by atoms with Crippen LogP contribution >= 0.6 is 23.2 Å². The highest BCUT2D eigenvalue weighted by Gasteiger charge is 2.15. The van der Waals surface area contributed by atoms with E-state index in [9.17, 15) is 4.39 Å². The predicted molar refractivity (Wildman–Crippen MR) is 462 cm³/mol. The summed E-state index contributed by atoms with van der Waals surface area (Å²) in [5.41, 5.74) is 26.6. The summed E-state index contributed by atoms with van der Waals surface area (Å²) in [6.07, 6.45) is 23.6. The van der Waals surface area contributed by atoms with E-state index in [-0.39, 0.29) is 5.82 Å². The molecule has 14 nitrogen and oxygen atoms in total. The minimum absolute atomic E-state index is 0.186. The molecule has 20 rings (SSSR count). The number of halogens is 3. The third kappa shape index (κ3) is 19.9. The predicted octanol–water partition coefficient (Wildman–Crippen LogP) is 25.2. The molecule has 0 saturated heterocycles. The summed E-state index contributed by atoms with van der Waals surface area (Å²) < 4.78 is 34.8. The van der Waals surface area contributed by atoms with Gasteiger partial charge in [-0.2, -0.15) is 0 Å². The van der Waals surface area contributed by atoms with Gasteiger partial charge in [-0.05, 0) is 291 Å². The Balaban J connectivity index is 0.000000108. The fourth-order valence-electron chi connectivity index (χ4n) is 14.2. The Bertz CT molecular complexity index is 5870. The monoisotopic (exact) mass is 1550 g/mol. The van der Waals surface area contributed by atoms with Gasteiger partial charge < -0.3 is 42.6 Å². The lowest BCUT2D eigenvalue weighted by Gasteiger charge is -2.03. The van der Waals surface area contributed by atoms with E-state index in [2.05, 4.69) is 221 Å². The van der Waals surface area contributed by atoms with Gasteiger partial charge in [0.25, 0.3) is 0 Å². The lowest BCUT2D eigenvalue weighted by Crippen LogP contribution is -1.92. The van der Waals surface area contributed by atoms with Crippen molar-refractivity contribution in [2.45, 2.75) is 84.5 Å². The van der Waals surface area contributed by atoms with Gasteiger partial charge in [-0.3, -0.25) is 0 Å². The van der Waals surface area contributed by atoms with Crippen LogP contribution in [0.1, 0.15) is 79.0 Å². The maximum absolute atomic E-state index is 13.2. The molecule has 17 heteroatoms. The van der Waals surface area contributed by atoms with Gasteiger partial charge in [0.2, 0.25) is 0 Å². The largest absolute Gasteiger partial charge is 0.461 e. The maximum atomic E-state index is 13.2. The normalized spacial score (nSPS) is 11.7. The molecule has 0 saturated carbocycles. The van der Waals surface area contributed by atoms with Crippen LogP contribution in [0, 0.1) is 19.7 Å². The molecule has 5 N–H and O–H groups in total. The van der Waals surface area contributed by atoms with Crippen molar-refractivity contribution < 1.29 is 22.1 Å². The third-order valence-corrected chi connectivity index (χ3v) is 20.6. The Hall–Kier alpha value is -13.3. The second-order valence-corrected chi connectivity index (χ2v) is 29.7. The second-order valence-electron chi connectivity index (χ2n) is 28.8. The van der Waals surface area contributed by atoms with E-state index < -0.39 is 0 Å². The topological polar surface area (TPSA) is 196 Å². The Morgan fingerprint density at radius 3 is 0.852 bits per heavy atom. The number of hydrogen-bond acceptors (Lipinski definition) is 9. The first-order valence-corrected chi connectivity index (χ1v) is 39.4. The number of aromatic nitrogens is 10. The Labute approximate surface area is 675 Å². The van der Waals surface area contributed by atoms with Gasteiger partial charge >= 0.3 is 0 Å². The highest BCUT2D eigenvalue weighted by Crippen LogP contribution is 2.30. The van der Waals surface area contributed by atoms with E-state index in [1.54, 1.807) is 37.2 Å². The van der Waals surface area contributed by atoms with Gasteiger partial charge in [0, 0.05) is 10.0 Å². The van der Waals surface area contributed by atoms with Crippen molar-refractivity contribution in [3.05, 3.63) is 393 Å². The molecule has 0 unspecified atom stereocenters. The molecule has 0 amide bonds. The van der Waals surface area contributed by atoms with Crippen molar-refractivity contribution in [3.8, 4) is 46.3 Å². The smallest absolute Gasteiger partial charge is 0.174 e. The summed E-state index contributed by atoms with van der Waals surface area (Å²) in [7, 11) is 0. The molecule has 9 aromatic heterocycles. The Morgan fingerprint density at radius 1 is 0.296 bits per heavy atom. The average Bonchev–Trinajstić information content (AvgIpc) is 1.69. The lowest BCUT2D eigenvalue weighted by atomic mass is 10.0. The van der Waals surface area contributed by atoms with Crippen LogP contribution < -0.4 is 0 Å². The van der Waals surface area contributed by atoms with Crippen LogP contribution in [0.25, 0.3) is 107 Å². The number of benzene rings is 10. The molecule has 115 heavy (non-hydrogen) atoms. The minimum atomic E-state index is -0.186. The number of fused-ring (bicyclic) bond motifs is 5. The number of hydrogen-bond donors (Lipinski definition) is 5. The van der Waals surface area contributed by atoms with Gasteiger partial charge in [-0.1, -0.05) is 168 Å². The number of imidazole rings is 5. The van der Waals surface area contributed by atoms with Crippen LogP contribution in [-0.2, 0) is 64.2 Å². The maximum Gasteiger partial charge on any atom is 0.174 e. The van der Waals surface area contributed by atoms with Gasteiger partial charge in [0.15, 0.2) is 46.3 Å². The van der Waals surface area contributed by atoms with E-state index in [4.69, 9.17) is 40.9 Å². The van der Waals surface area contributed by atoms with E-state index in [0.29, 0.717) is 0 Å². The first-order chi connectivity index (χ1) is 56.4. The summed E-state index contributed by atoms with van der Waals surface area (Å²) in [6.45, 7) is 4.27. The van der Waals surface area contributed by atoms with E-state index in [1.807, 2.05) is 103 Å². The van der Waals surface area contributed by atoms with Crippen molar-refractivity contribution in [3.63, 3.8) is 0 Å². The summed E-state index contributed by atoms with van der Waals surface area (Å²) in [5.74, 6) is 6.85. The van der Waals surface area contributed by atoms with E-state index >= 15 is 0 Å². The van der Waals surface area contributed by atoms with E-state index in [1.165, 1.54) is 72.8 Å². The first-order valence-electron chi connectivity index (χ1n) is 38.7. The van der Waals surface area contributed by atoms with Crippen LogP contribution in [0.15, 0.2) is 322 Å². The van der Waals surface area contributed by atoms with E-state index in [0.717, 1.165) is 194 Å². The van der Waals surface area contributed by atoms with Gasteiger partial charge in [-0.15, -0.1) is 0 Å². The summed E-state index contributed by atoms with van der Waals surface area (Å²) in [5, 5.41) is 1.59. The average molecular weight is 1550 g/mol. The highest BCUT2D eigenvalue weighted by atomic mass is 35.5. The summed E-state index contributed by atoms with van der Waals surface area (Å²) in [4.78, 5) is 39.7. The molecule has 0 aliphatic heterocycles. The van der Waals surface area contributed by atoms with Crippen molar-refractivity contribution in [2.75, 3.05) is 0 Å². The molecule has 10 aromatic carbocycles. The molecule has 19 aromatic rings. The van der Waals surface area contributed by atoms with Crippen LogP contribution in [0.5, 0.6) is 0 Å². The number of H-pyrrole nitrogens is 5. The van der Waals surface area contributed by atoms with Crippen LogP contribution in [0.4, 0.5) is 4.39 Å². The Kier molecular flexibility index (Phi) is 23.7. The zero-order valence-electron chi connectivity index (χ0n) is 63.6. The van der Waals surface area contributed by atoms with Gasteiger partial charge in [0.05, 0.1) is 80.2 Å². The van der Waals surface area contributed by atoms with Crippen LogP contribution in [-0.4, -0.2) is 49.8 Å². The lowest BCUT2D eigenvalue weighted by molar-refractivity contribution is 0.578. The van der Waals surface area contributed by atoms with Crippen LogP contribution in [0.2, 0.25) is 10.0 Å². The number of aryl methyl sites for hydroxylation is 12. The molecule has 0 atom stereocenters.